The number of rotatable bonds is 4. The maximum Gasteiger partial charge on any atom is 0.397 e. The molecule has 1 N–H and O–H groups in total. The lowest BCUT2D eigenvalue weighted by Gasteiger charge is -2.07. The quantitative estimate of drug-likeness (QED) is 0.479. The minimum Gasteiger partial charge on any atom is -0.316 e. The van der Waals surface area contributed by atoms with Crippen LogP contribution in [-0.2, 0) is 15.7 Å². The minimum absolute atomic E-state index is 0.127. The van der Waals surface area contributed by atoms with Gasteiger partial charge in [0.15, 0.2) is 0 Å². The first kappa shape index (κ1) is 11.1. The molecule has 0 saturated heterocycles. The molecule has 1 atom stereocenters. The average Bonchev–Trinajstić information content (AvgIpc) is 2.17. The Morgan fingerprint density at radius 1 is 1.46 bits per heavy atom. The van der Waals surface area contributed by atoms with Gasteiger partial charge in [-0.3, -0.25) is 4.52 Å². The first-order valence-electron chi connectivity index (χ1n) is 3.48. The molecule has 1 aromatic carbocycles. The number of hydrogen-bond acceptors (Lipinski definition) is 4. The van der Waals surface area contributed by atoms with E-state index in [0.717, 1.165) is 5.56 Å². The van der Waals surface area contributed by atoms with Gasteiger partial charge in [-0.1, -0.05) is 42.0 Å². The third kappa shape index (κ3) is 4.20. The van der Waals surface area contributed by atoms with E-state index in [1.165, 1.54) is 0 Å². The largest absolute Gasteiger partial charge is 0.397 e. The summed E-state index contributed by atoms with van der Waals surface area (Å²) in [7, 11) is 0.530. The first-order valence-corrected chi connectivity index (χ1v) is 7.53. The molecule has 0 saturated carbocycles. The maximum atomic E-state index is 11.0. The lowest BCUT2D eigenvalue weighted by molar-refractivity contribution is 0.267. The van der Waals surface area contributed by atoms with E-state index in [4.69, 9.17) is 9.42 Å². The molecule has 0 radical (unpaired) electrons. The zero-order chi connectivity index (χ0) is 9.73. The summed E-state index contributed by atoms with van der Waals surface area (Å²) in [5.41, 5.74) is 0.860. The van der Waals surface area contributed by atoms with Crippen molar-refractivity contribution in [3.63, 3.8) is 0 Å². The molecular weight excluding hydrogens is 227 g/mol. The number of thiol groups is 1. The van der Waals surface area contributed by atoms with Gasteiger partial charge >= 0.3 is 6.80 Å². The molecule has 3 nitrogen and oxygen atoms in total. The Bertz CT molecular complexity index is 304. The van der Waals surface area contributed by atoms with E-state index < -0.39 is 6.80 Å². The fourth-order valence-corrected chi connectivity index (χ4v) is 1.84. The highest BCUT2D eigenvalue weighted by Gasteiger charge is 2.17. The summed E-state index contributed by atoms with van der Waals surface area (Å²) in [5.74, 6) is 0. The van der Waals surface area contributed by atoms with E-state index in [1.807, 2.05) is 30.3 Å². The van der Waals surface area contributed by atoms with E-state index in [9.17, 15) is 4.57 Å². The SMILES string of the molecule is O=P(O)(OCc1ccccc1)SS. The van der Waals surface area contributed by atoms with Gasteiger partial charge in [0.1, 0.15) is 0 Å². The van der Waals surface area contributed by atoms with E-state index >= 15 is 0 Å². The van der Waals surface area contributed by atoms with Crippen LogP contribution < -0.4 is 0 Å². The van der Waals surface area contributed by atoms with Gasteiger partial charge in [0.25, 0.3) is 0 Å². The second kappa shape index (κ2) is 5.08. The van der Waals surface area contributed by atoms with E-state index in [0.29, 0.717) is 10.4 Å². The first-order chi connectivity index (χ1) is 6.14. The molecule has 1 rings (SSSR count). The molecule has 1 unspecified atom stereocenters. The van der Waals surface area contributed by atoms with Crippen molar-refractivity contribution in [2.75, 3.05) is 0 Å². The van der Waals surface area contributed by atoms with Crippen LogP contribution in [0.25, 0.3) is 0 Å². The number of hydrogen-bond donors (Lipinski definition) is 2. The van der Waals surface area contributed by atoms with Gasteiger partial charge in [-0.05, 0) is 5.56 Å². The van der Waals surface area contributed by atoms with Crippen molar-refractivity contribution in [3.8, 4) is 0 Å². The van der Waals surface area contributed by atoms with Crippen LogP contribution in [0.5, 0.6) is 0 Å². The summed E-state index contributed by atoms with van der Waals surface area (Å²) in [6, 6.07) is 9.20. The molecule has 0 spiro atoms. The maximum absolute atomic E-state index is 11.0. The standard InChI is InChI=1S/C7H9O3PS2/c8-11(9,13-12)10-6-7-4-2-1-3-5-7/h1-5,12H,6H2,(H,8,9). The van der Waals surface area contributed by atoms with Crippen LogP contribution in [0.4, 0.5) is 0 Å². The predicted molar refractivity (Wildman–Crippen MR) is 57.6 cm³/mol. The van der Waals surface area contributed by atoms with Gasteiger partial charge in [0.2, 0.25) is 0 Å². The van der Waals surface area contributed by atoms with Gasteiger partial charge < -0.3 is 4.89 Å². The molecule has 72 valence electrons. The highest BCUT2D eigenvalue weighted by Crippen LogP contribution is 2.58. The van der Waals surface area contributed by atoms with Gasteiger partial charge in [-0.15, -0.1) is 0 Å². The molecule has 0 aliphatic carbocycles. The van der Waals surface area contributed by atoms with E-state index in [2.05, 4.69) is 11.7 Å². The van der Waals surface area contributed by atoms with Crippen molar-refractivity contribution in [1.29, 1.82) is 0 Å². The topological polar surface area (TPSA) is 46.5 Å². The molecule has 0 heterocycles. The number of benzene rings is 1. The van der Waals surface area contributed by atoms with Crippen LogP contribution in [-0.4, -0.2) is 4.89 Å². The molecule has 0 aliphatic heterocycles. The third-order valence-electron chi connectivity index (χ3n) is 1.34. The van der Waals surface area contributed by atoms with Gasteiger partial charge in [0, 0.05) is 10.4 Å². The molecule has 6 heteroatoms. The molecule has 0 bridgehead atoms. The highest BCUT2D eigenvalue weighted by atomic mass is 33.3. The van der Waals surface area contributed by atoms with E-state index in [1.54, 1.807) is 0 Å². The van der Waals surface area contributed by atoms with Crippen molar-refractivity contribution in [1.82, 2.24) is 0 Å². The fourth-order valence-electron chi connectivity index (χ4n) is 0.754. The summed E-state index contributed by atoms with van der Waals surface area (Å²) in [6.45, 7) is -3.43. The molecule has 13 heavy (non-hydrogen) atoms. The molecular formula is C7H9O3PS2. The van der Waals surface area contributed by atoms with Crippen LogP contribution in [0, 0.1) is 0 Å². The van der Waals surface area contributed by atoms with Crippen LogP contribution in [0.1, 0.15) is 5.56 Å². The van der Waals surface area contributed by atoms with Crippen molar-refractivity contribution < 1.29 is 14.0 Å². The summed E-state index contributed by atoms with van der Waals surface area (Å²) >= 11 is 3.63. The van der Waals surface area contributed by atoms with Gasteiger partial charge in [-0.25, -0.2) is 4.57 Å². The molecule has 0 amide bonds. The normalized spacial score (nSPS) is 15.2. The highest BCUT2D eigenvalue weighted by molar-refractivity contribution is 8.93. The van der Waals surface area contributed by atoms with Crippen molar-refractivity contribution in [2.24, 2.45) is 0 Å². The van der Waals surface area contributed by atoms with E-state index in [-0.39, 0.29) is 6.61 Å². The second-order valence-corrected chi connectivity index (χ2v) is 7.01. The smallest absolute Gasteiger partial charge is 0.316 e. The molecule has 1 aromatic rings. The Balaban J connectivity index is 2.49. The lowest BCUT2D eigenvalue weighted by Crippen LogP contribution is -1.87. The Morgan fingerprint density at radius 2 is 2.08 bits per heavy atom. The Hall–Kier alpha value is 0.0700. The summed E-state index contributed by atoms with van der Waals surface area (Å²) in [5, 5.41) is 0. The second-order valence-electron chi connectivity index (χ2n) is 2.31. The fraction of sp³-hybridized carbons (Fsp3) is 0.143. The van der Waals surface area contributed by atoms with Gasteiger partial charge in [-0.2, -0.15) is 0 Å². The van der Waals surface area contributed by atoms with Crippen LogP contribution in [0.15, 0.2) is 30.3 Å². The Kier molecular flexibility index (Phi) is 4.35. The minimum atomic E-state index is -3.56. The monoisotopic (exact) mass is 236 g/mol. The predicted octanol–water partition coefficient (Wildman–Crippen LogP) is 2.88. The lowest BCUT2D eigenvalue weighted by atomic mass is 10.2. The van der Waals surface area contributed by atoms with Crippen molar-refractivity contribution >= 4 is 28.9 Å². The zero-order valence-corrected chi connectivity index (χ0v) is 9.27. The zero-order valence-electron chi connectivity index (χ0n) is 6.66. The third-order valence-corrected chi connectivity index (χ3v) is 4.79. The van der Waals surface area contributed by atoms with Crippen molar-refractivity contribution in [2.45, 2.75) is 6.61 Å². The molecule has 0 aliphatic rings. The Morgan fingerprint density at radius 3 is 2.62 bits per heavy atom. The van der Waals surface area contributed by atoms with Crippen LogP contribution >= 0.6 is 28.9 Å². The molecule has 0 aromatic heterocycles. The summed E-state index contributed by atoms with van der Waals surface area (Å²) in [4.78, 5) is 9.00. The average molecular weight is 236 g/mol. The summed E-state index contributed by atoms with van der Waals surface area (Å²) < 4.78 is 15.7. The summed E-state index contributed by atoms with van der Waals surface area (Å²) in [6.07, 6.45) is 0. The van der Waals surface area contributed by atoms with Crippen LogP contribution in [0.2, 0.25) is 0 Å². The Labute approximate surface area is 85.6 Å². The van der Waals surface area contributed by atoms with Gasteiger partial charge in [0.05, 0.1) is 6.61 Å². The van der Waals surface area contributed by atoms with Crippen molar-refractivity contribution in [3.05, 3.63) is 35.9 Å². The molecule has 0 fully saturated rings. The van der Waals surface area contributed by atoms with Crippen LogP contribution in [0.3, 0.4) is 0 Å².